The Balaban J connectivity index is 1.37. The Hall–Kier alpha value is -4.18. The number of hydrogen-bond donors (Lipinski definition) is 1. The molecular formula is C31H32ClN7O4S. The molecule has 0 bridgehead atoms. The fourth-order valence-electron chi connectivity index (χ4n) is 6.29. The molecule has 2 aromatic heterocycles. The van der Waals surface area contributed by atoms with Gasteiger partial charge in [-0.15, -0.1) is 0 Å². The molecule has 4 heterocycles. The van der Waals surface area contributed by atoms with Crippen LogP contribution in [-0.2, 0) is 40.6 Å². The lowest BCUT2D eigenvalue weighted by Gasteiger charge is -2.41. The lowest BCUT2D eigenvalue weighted by Crippen LogP contribution is -2.56. The number of aromatic nitrogens is 2. The number of anilines is 2. The number of rotatable bonds is 7. The molecule has 0 radical (unpaired) electrons. The first-order chi connectivity index (χ1) is 21.1. The summed E-state index contributed by atoms with van der Waals surface area (Å²) >= 11 is 6.67. The van der Waals surface area contributed by atoms with Crippen molar-refractivity contribution in [2.75, 3.05) is 42.5 Å². The molecule has 228 valence electrons. The smallest absolute Gasteiger partial charge is 0.241 e. The summed E-state index contributed by atoms with van der Waals surface area (Å²) in [5, 5.41) is 8.12. The van der Waals surface area contributed by atoms with Crippen LogP contribution in [0.4, 0.5) is 11.5 Å². The summed E-state index contributed by atoms with van der Waals surface area (Å²) in [6, 6.07) is 13.1. The van der Waals surface area contributed by atoms with Crippen LogP contribution in [-0.4, -0.2) is 68.0 Å². The third-order valence-electron chi connectivity index (χ3n) is 8.34. The van der Waals surface area contributed by atoms with E-state index in [0.29, 0.717) is 49.9 Å². The van der Waals surface area contributed by atoms with Crippen LogP contribution in [0.15, 0.2) is 58.0 Å². The molecule has 2 aromatic carbocycles. The molecule has 0 saturated carbocycles. The number of hydrogen-bond acceptors (Lipinski definition) is 8. The molecule has 13 heteroatoms. The number of primary sulfonamides is 1. The van der Waals surface area contributed by atoms with Crippen molar-refractivity contribution in [3.05, 3.63) is 88.0 Å². The Morgan fingerprint density at radius 1 is 1.11 bits per heavy atom. The Kier molecular flexibility index (Phi) is 8.20. The Morgan fingerprint density at radius 3 is 2.66 bits per heavy atom. The van der Waals surface area contributed by atoms with E-state index in [1.807, 2.05) is 30.3 Å². The predicted molar refractivity (Wildman–Crippen MR) is 168 cm³/mol. The normalized spacial score (nSPS) is 17.0. The van der Waals surface area contributed by atoms with Crippen molar-refractivity contribution in [1.82, 2.24) is 14.9 Å². The molecule has 44 heavy (non-hydrogen) atoms. The first-order valence-corrected chi connectivity index (χ1v) is 16.3. The van der Waals surface area contributed by atoms with Crippen molar-refractivity contribution in [3.8, 4) is 0 Å². The van der Waals surface area contributed by atoms with Crippen LogP contribution in [0.1, 0.15) is 29.8 Å². The zero-order chi connectivity index (χ0) is 31.0. The monoisotopic (exact) mass is 633 g/mol. The minimum Gasteiger partial charge on any atom is -0.468 e. The maximum Gasteiger partial charge on any atom is 0.241 e. The zero-order valence-corrected chi connectivity index (χ0v) is 25.8. The zero-order valence-electron chi connectivity index (χ0n) is 24.2. The summed E-state index contributed by atoms with van der Waals surface area (Å²) < 4.78 is 29.5. The van der Waals surface area contributed by atoms with Gasteiger partial charge in [-0.2, -0.15) is 0 Å². The van der Waals surface area contributed by atoms with Gasteiger partial charge in [-0.3, -0.25) is 4.79 Å². The number of piperazine rings is 1. The van der Waals surface area contributed by atoms with Gasteiger partial charge in [0.2, 0.25) is 22.5 Å². The number of carbonyl (C=O) groups is 1. The first kappa shape index (κ1) is 29.9. The number of amides is 1. The lowest BCUT2D eigenvalue weighted by atomic mass is 10.0. The number of halogens is 1. The van der Waals surface area contributed by atoms with Crippen molar-refractivity contribution < 1.29 is 17.6 Å². The average molecular weight is 634 g/mol. The number of benzene rings is 2. The molecule has 0 unspecified atom stereocenters. The molecule has 0 spiro atoms. The van der Waals surface area contributed by atoms with Crippen LogP contribution >= 0.6 is 11.6 Å². The van der Waals surface area contributed by atoms with Gasteiger partial charge in [-0.1, -0.05) is 35.9 Å². The van der Waals surface area contributed by atoms with E-state index in [4.69, 9.17) is 37.7 Å². The van der Waals surface area contributed by atoms with Crippen LogP contribution in [0, 0.1) is 6.57 Å². The van der Waals surface area contributed by atoms with Gasteiger partial charge < -0.3 is 24.0 Å². The van der Waals surface area contributed by atoms with Crippen LogP contribution in [0.3, 0.4) is 0 Å². The minimum atomic E-state index is -3.93. The molecule has 6 rings (SSSR count). The van der Waals surface area contributed by atoms with Gasteiger partial charge in [0.15, 0.2) is 0 Å². The quantitative estimate of drug-likeness (QED) is 0.304. The second kappa shape index (κ2) is 12.1. The summed E-state index contributed by atoms with van der Waals surface area (Å²) in [7, 11) is -3.93. The second-order valence-corrected chi connectivity index (χ2v) is 13.0. The number of nitrogens with zero attached hydrogens (tertiary/aromatic N) is 6. The van der Waals surface area contributed by atoms with Gasteiger partial charge in [-0.05, 0) is 30.0 Å². The van der Waals surface area contributed by atoms with Gasteiger partial charge >= 0.3 is 0 Å². The van der Waals surface area contributed by atoms with Gasteiger partial charge in [0, 0.05) is 62.6 Å². The Bertz CT molecular complexity index is 1880. The van der Waals surface area contributed by atoms with Crippen LogP contribution in [0.2, 0.25) is 5.02 Å². The number of aryl methyl sites for hydroxylation is 2. The van der Waals surface area contributed by atoms with E-state index in [9.17, 15) is 13.2 Å². The summed E-state index contributed by atoms with van der Waals surface area (Å²) in [5.74, 6) is 1.56. The topological polar surface area (TPSA) is 130 Å². The van der Waals surface area contributed by atoms with Crippen molar-refractivity contribution in [1.29, 1.82) is 0 Å². The van der Waals surface area contributed by atoms with E-state index in [-0.39, 0.29) is 35.6 Å². The van der Waals surface area contributed by atoms with Crippen LogP contribution < -0.4 is 14.9 Å². The van der Waals surface area contributed by atoms with Crippen LogP contribution in [0.5, 0.6) is 0 Å². The number of sulfonamides is 1. The van der Waals surface area contributed by atoms with Gasteiger partial charge in [0.1, 0.15) is 28.3 Å². The largest absolute Gasteiger partial charge is 0.468 e. The van der Waals surface area contributed by atoms with Crippen molar-refractivity contribution in [2.45, 2.75) is 43.7 Å². The maximum atomic E-state index is 12.3. The fourth-order valence-corrected chi connectivity index (χ4v) is 7.28. The molecule has 1 saturated heterocycles. The van der Waals surface area contributed by atoms with Crippen molar-refractivity contribution in [3.63, 3.8) is 0 Å². The standard InChI is InChI=1S/C31H32ClN7O4S/c1-20(40)39-15-14-38(18-22(39)17-34-2)31-23-11-13-37(26-8-4-6-21-5-3-7-24(32)30(21)26)19-25(23)35-29(36-31)10-9-27-28(12-16-43-27)44(33,41)42/h3-8,12,16,22H,9-11,13-15,17-19H2,1H3,(H2,33,41,42)/t22-/m0/s1. The fraction of sp³-hybridized carbons (Fsp3) is 0.355. The maximum absolute atomic E-state index is 12.3. The summed E-state index contributed by atoms with van der Waals surface area (Å²) in [6.45, 7) is 12.0. The number of carbonyl (C=O) groups excluding carboxylic acids is 1. The number of fused-ring (bicyclic) bond motifs is 2. The second-order valence-electron chi connectivity index (χ2n) is 11.1. The highest BCUT2D eigenvalue weighted by molar-refractivity contribution is 7.89. The van der Waals surface area contributed by atoms with Gasteiger partial charge in [0.25, 0.3) is 0 Å². The molecule has 2 aliphatic rings. The highest BCUT2D eigenvalue weighted by atomic mass is 35.5. The molecule has 1 amide bonds. The SMILES string of the molecule is [C-]#[N+]C[C@H]1CN(c2nc(CCc3occc3S(N)(=O)=O)nc3c2CCN(c2cccc4cccc(Cl)c24)C3)CCN1C(C)=O. The minimum absolute atomic E-state index is 0.0443. The van der Waals surface area contributed by atoms with E-state index in [1.165, 1.54) is 19.3 Å². The van der Waals surface area contributed by atoms with Gasteiger partial charge in [0.05, 0.1) is 23.5 Å². The first-order valence-electron chi connectivity index (χ1n) is 14.4. The van der Waals surface area contributed by atoms with E-state index < -0.39 is 10.0 Å². The van der Waals surface area contributed by atoms with E-state index >= 15 is 0 Å². The van der Waals surface area contributed by atoms with Gasteiger partial charge in [-0.25, -0.2) is 30.1 Å². The van der Waals surface area contributed by atoms with E-state index in [2.05, 4.69) is 20.7 Å². The average Bonchev–Trinajstić information content (AvgIpc) is 3.49. The van der Waals surface area contributed by atoms with E-state index in [0.717, 1.165) is 40.1 Å². The molecule has 2 aliphatic heterocycles. The van der Waals surface area contributed by atoms with Crippen LogP contribution in [0.25, 0.3) is 15.6 Å². The highest BCUT2D eigenvalue weighted by Gasteiger charge is 2.34. The van der Waals surface area contributed by atoms with Crippen molar-refractivity contribution >= 4 is 49.8 Å². The summed E-state index contributed by atoms with van der Waals surface area (Å²) in [6.07, 6.45) is 2.58. The van der Waals surface area contributed by atoms with Crippen molar-refractivity contribution in [2.24, 2.45) is 5.14 Å². The Morgan fingerprint density at radius 2 is 1.91 bits per heavy atom. The van der Waals surface area contributed by atoms with E-state index in [1.54, 1.807) is 4.90 Å². The molecule has 0 aliphatic carbocycles. The molecule has 1 fully saturated rings. The predicted octanol–water partition coefficient (Wildman–Crippen LogP) is 3.83. The molecular weight excluding hydrogens is 602 g/mol. The molecule has 4 aromatic rings. The molecule has 2 N–H and O–H groups in total. The summed E-state index contributed by atoms with van der Waals surface area (Å²) in [4.78, 5) is 32.0. The molecule has 1 atom stereocenters. The highest BCUT2D eigenvalue weighted by Crippen LogP contribution is 2.37. The summed E-state index contributed by atoms with van der Waals surface area (Å²) in [5.41, 5.74) is 2.94. The number of furan rings is 1. The third-order valence-corrected chi connectivity index (χ3v) is 9.63. The lowest BCUT2D eigenvalue weighted by molar-refractivity contribution is -0.131. The Labute approximate surface area is 261 Å². The number of nitrogens with two attached hydrogens (primary N) is 1. The third kappa shape index (κ3) is 5.83. The molecule has 11 nitrogen and oxygen atoms in total.